The van der Waals surface area contributed by atoms with E-state index in [0.717, 1.165) is 45.0 Å². The van der Waals surface area contributed by atoms with Crippen LogP contribution in [0.3, 0.4) is 0 Å². The van der Waals surface area contributed by atoms with Gasteiger partial charge in [-0.2, -0.15) is 18.4 Å². The number of nitrogens with one attached hydrogen (secondary N) is 2. The number of carbonyl (C=O) groups excluding carboxylic acids is 4. The maximum atomic E-state index is 14.0. The number of rotatable bonds is 21. The Labute approximate surface area is 439 Å². The molecule has 0 radical (unpaired) electrons. The lowest BCUT2D eigenvalue weighted by Crippen LogP contribution is -2.57. The first kappa shape index (κ1) is 56.6. The highest BCUT2D eigenvalue weighted by Crippen LogP contribution is 2.36. The first-order valence-electron chi connectivity index (χ1n) is 24.1. The maximum Gasteiger partial charge on any atom is 0.417 e. The summed E-state index contributed by atoms with van der Waals surface area (Å²) in [4.78, 5) is 62.7. The molecule has 19 heteroatoms. The van der Waals surface area contributed by atoms with Gasteiger partial charge >= 0.3 is 6.18 Å². The van der Waals surface area contributed by atoms with Gasteiger partial charge < -0.3 is 44.3 Å². The topological polar surface area (TPSA) is 166 Å². The van der Waals surface area contributed by atoms with Gasteiger partial charge in [0.15, 0.2) is 5.11 Å². The van der Waals surface area contributed by atoms with E-state index in [1.54, 1.807) is 53.2 Å². The number of thiazole rings is 1. The van der Waals surface area contributed by atoms with Gasteiger partial charge in [-0.15, -0.1) is 11.3 Å². The van der Waals surface area contributed by atoms with Crippen LogP contribution in [0, 0.1) is 23.7 Å². The largest absolute Gasteiger partial charge is 0.491 e. The second-order valence-electron chi connectivity index (χ2n) is 19.4. The molecular weight excluding hydrogens is 992 g/mol. The van der Waals surface area contributed by atoms with Crippen molar-refractivity contribution in [2.24, 2.45) is 5.41 Å². The molecule has 14 nitrogen and oxygen atoms in total. The van der Waals surface area contributed by atoms with Crippen LogP contribution >= 0.6 is 23.6 Å². The second kappa shape index (κ2) is 25.0. The minimum Gasteiger partial charge on any atom is -0.491 e. The number of carbonyl (C=O) groups is 4. The number of thiocarbonyl (C=S) groups is 1. The highest BCUT2D eigenvalue weighted by Gasteiger charge is 2.42. The molecule has 0 aliphatic carbocycles. The fourth-order valence-electron chi connectivity index (χ4n) is 8.34. The average molecular weight is 1050 g/mol. The van der Waals surface area contributed by atoms with Gasteiger partial charge in [0.1, 0.15) is 30.7 Å². The van der Waals surface area contributed by atoms with Crippen LogP contribution in [0.25, 0.3) is 21.6 Å². The lowest BCUT2D eigenvalue weighted by atomic mass is 9.85. The fraction of sp³-hybridized carbons (Fsp3) is 0.400. The normalized spacial score (nSPS) is 14.2. The van der Waals surface area contributed by atoms with E-state index in [9.17, 15) is 37.6 Å². The third-order valence-electron chi connectivity index (χ3n) is 12.5. The first-order chi connectivity index (χ1) is 35.1. The molecule has 1 aliphatic rings. The number of likely N-dealkylation sites (tertiary alicyclic amines) is 1. The summed E-state index contributed by atoms with van der Waals surface area (Å²) < 4.78 is 58.4. The molecule has 1 saturated heterocycles. The van der Waals surface area contributed by atoms with Gasteiger partial charge in [0, 0.05) is 37.9 Å². The van der Waals surface area contributed by atoms with Crippen LogP contribution in [0.5, 0.6) is 5.75 Å². The van der Waals surface area contributed by atoms with Gasteiger partial charge in [0.05, 0.1) is 65.2 Å². The number of benzene rings is 4. The Kier molecular flexibility index (Phi) is 19.1. The number of aldehydes is 1. The Bertz CT molecular complexity index is 2790. The molecule has 1 aromatic heterocycles. The fourth-order valence-corrected chi connectivity index (χ4v) is 9.60. The zero-order chi connectivity index (χ0) is 53.8. The van der Waals surface area contributed by atoms with E-state index in [0.29, 0.717) is 43.7 Å². The monoisotopic (exact) mass is 1050 g/mol. The molecule has 4 aromatic carbocycles. The predicted octanol–water partition coefficient (Wildman–Crippen LogP) is 9.52. The number of halogens is 3. The van der Waals surface area contributed by atoms with Crippen molar-refractivity contribution in [1.29, 1.82) is 5.26 Å². The Morgan fingerprint density at radius 1 is 0.892 bits per heavy atom. The summed E-state index contributed by atoms with van der Waals surface area (Å²) in [5.74, 6) is -0.224. The molecule has 74 heavy (non-hydrogen) atoms. The van der Waals surface area contributed by atoms with Crippen molar-refractivity contribution >= 4 is 64.0 Å². The highest BCUT2D eigenvalue weighted by molar-refractivity contribution is 7.80. The summed E-state index contributed by atoms with van der Waals surface area (Å²) in [7, 11) is 1.50. The minimum absolute atomic E-state index is 0.0372. The number of alkyl halides is 3. The number of nitriles is 1. The van der Waals surface area contributed by atoms with Crippen LogP contribution in [0.1, 0.15) is 76.3 Å². The van der Waals surface area contributed by atoms with Gasteiger partial charge in [0.2, 0.25) is 17.7 Å². The number of aromatic nitrogens is 1. The van der Waals surface area contributed by atoms with E-state index in [1.165, 1.54) is 18.0 Å². The number of ether oxygens (including phenoxy) is 3. The van der Waals surface area contributed by atoms with E-state index in [4.69, 9.17) is 26.4 Å². The molecule has 2 heterocycles. The van der Waals surface area contributed by atoms with E-state index < -0.39 is 40.3 Å². The summed E-state index contributed by atoms with van der Waals surface area (Å²) in [6, 6.07) is 26.1. The molecule has 2 N–H and O–H groups in total. The molecular formula is C55H62F3N7O7S2. The lowest BCUT2D eigenvalue weighted by molar-refractivity contribution is -0.144. The number of nitrogens with zero attached hydrogens (tertiary/aromatic N) is 5. The van der Waals surface area contributed by atoms with Crippen LogP contribution < -0.4 is 25.2 Å². The van der Waals surface area contributed by atoms with Gasteiger partial charge in [0.25, 0.3) is 0 Å². The summed E-state index contributed by atoms with van der Waals surface area (Å²) in [5.41, 5.74) is 3.78. The molecule has 1 aliphatic heterocycles. The Morgan fingerprint density at radius 2 is 1.50 bits per heavy atom. The van der Waals surface area contributed by atoms with E-state index in [-0.39, 0.29) is 68.0 Å². The first-order valence-corrected chi connectivity index (χ1v) is 25.4. The van der Waals surface area contributed by atoms with Crippen molar-refractivity contribution in [3.8, 4) is 33.4 Å². The smallest absolute Gasteiger partial charge is 0.417 e. The van der Waals surface area contributed by atoms with E-state index in [2.05, 4.69) is 15.6 Å². The number of anilines is 2. The molecule has 6 rings (SSSR count). The molecule has 5 aromatic rings. The van der Waals surface area contributed by atoms with Crippen LogP contribution in [0.2, 0.25) is 0 Å². The van der Waals surface area contributed by atoms with Crippen molar-refractivity contribution in [2.45, 2.75) is 91.1 Å². The van der Waals surface area contributed by atoms with Crippen molar-refractivity contribution < 1.29 is 46.6 Å². The van der Waals surface area contributed by atoms with Crippen molar-refractivity contribution in [3.63, 3.8) is 0 Å². The number of hydrogen-bond acceptors (Lipinski definition) is 11. The molecule has 3 amide bonds. The molecule has 0 spiro atoms. The minimum atomic E-state index is -4.75. The zero-order valence-corrected chi connectivity index (χ0v) is 44.2. The van der Waals surface area contributed by atoms with Gasteiger partial charge in [-0.05, 0) is 116 Å². The summed E-state index contributed by atoms with van der Waals surface area (Å²) in [6.45, 7) is 12.9. The average Bonchev–Trinajstić information content (AvgIpc) is 4.06. The Balaban J connectivity index is 0.898. The van der Waals surface area contributed by atoms with Gasteiger partial charge in [-0.3, -0.25) is 14.4 Å². The van der Waals surface area contributed by atoms with Gasteiger partial charge in [-0.1, -0.05) is 69.3 Å². The number of amides is 3. The SMILES string of the molecule is Cc1ncsc1-c1ccc(CNC(=O)C2CCCN2C(=O)C(NC(=O)CCOCCOCCOc2ccc(-c3ccc(N(C(=S)N(C)c4ccc(C#N)c(C(F)(F)F)c4)C(C)(C)C=O)cc3)cc2)C(C)(C)C)cc1. The summed E-state index contributed by atoms with van der Waals surface area (Å²) >= 11 is 7.34. The van der Waals surface area contributed by atoms with Gasteiger partial charge in [-0.25, -0.2) is 4.98 Å². The summed E-state index contributed by atoms with van der Waals surface area (Å²) in [6.07, 6.45) is -2.78. The van der Waals surface area contributed by atoms with E-state index >= 15 is 0 Å². The summed E-state index contributed by atoms with van der Waals surface area (Å²) in [5, 5.41) is 15.2. The lowest BCUT2D eigenvalue weighted by Gasteiger charge is -2.39. The number of hydrogen-bond donors (Lipinski definition) is 2. The molecule has 2 unspecified atom stereocenters. The third kappa shape index (κ3) is 14.5. The van der Waals surface area contributed by atoms with Crippen molar-refractivity contribution in [1.82, 2.24) is 20.5 Å². The second-order valence-corrected chi connectivity index (χ2v) is 20.6. The predicted molar refractivity (Wildman–Crippen MR) is 284 cm³/mol. The number of aryl methyl sites for hydroxylation is 1. The zero-order valence-electron chi connectivity index (χ0n) is 42.6. The van der Waals surface area contributed by atoms with Crippen LogP contribution in [-0.4, -0.2) is 103 Å². The molecule has 0 bridgehead atoms. The quantitative estimate of drug-likeness (QED) is 0.0407. The Hall–Kier alpha value is -6.72. The third-order valence-corrected chi connectivity index (χ3v) is 13.9. The van der Waals surface area contributed by atoms with Crippen LogP contribution in [0.15, 0.2) is 96.5 Å². The molecule has 1 fully saturated rings. The highest BCUT2D eigenvalue weighted by atomic mass is 32.1. The molecule has 392 valence electrons. The van der Waals surface area contributed by atoms with Crippen molar-refractivity contribution in [2.75, 3.05) is 56.4 Å². The Morgan fingerprint density at radius 3 is 2.09 bits per heavy atom. The van der Waals surface area contributed by atoms with E-state index in [1.807, 2.05) is 93.9 Å². The molecule has 2 atom stereocenters. The molecule has 0 saturated carbocycles. The van der Waals surface area contributed by atoms with Crippen LogP contribution in [-0.2, 0) is 41.4 Å². The standard InChI is InChI=1S/C55H62F3N7O7S2/c1-36-48(74-35-61-36)40-12-10-37(11-13-40)33-60-50(68)46-9-8-25-64(46)51(69)49(53(2,3)4)62-47(67)24-26-70-27-28-71-29-30-72-44-22-17-39(18-23-44)38-14-19-42(20-15-38)65(54(5,6)34-66)52(73)63(7)43-21-16-41(32-59)45(31-43)55(56,57)58/h10-23,31,34-35,46,49H,8-9,24-30,33H2,1-7H3,(H,60,68)(H,62,67). The maximum absolute atomic E-state index is 14.0. The van der Waals surface area contributed by atoms with Crippen LogP contribution in [0.4, 0.5) is 24.5 Å². The van der Waals surface area contributed by atoms with Crippen molar-refractivity contribution in [3.05, 3.63) is 119 Å².